The molecule has 1 aliphatic heterocycles. The van der Waals surface area contributed by atoms with Crippen molar-refractivity contribution in [2.24, 2.45) is 5.73 Å². The van der Waals surface area contributed by atoms with Crippen LogP contribution in [-0.4, -0.2) is 39.4 Å². The Balaban J connectivity index is 1.75. The van der Waals surface area contributed by atoms with E-state index in [0.29, 0.717) is 5.16 Å². The Morgan fingerprint density at radius 3 is 2.90 bits per heavy atom. The summed E-state index contributed by atoms with van der Waals surface area (Å²) in [6, 6.07) is 4.10. The van der Waals surface area contributed by atoms with E-state index in [2.05, 4.69) is 22.5 Å². The summed E-state index contributed by atoms with van der Waals surface area (Å²) in [4.78, 5) is 26.9. The van der Waals surface area contributed by atoms with Gasteiger partial charge in [-0.3, -0.25) is 4.98 Å². The molecule has 0 radical (unpaired) electrons. The highest BCUT2D eigenvalue weighted by molar-refractivity contribution is 7.99. The number of carbonyl (C=O) groups excluding carboxylic acids is 1. The summed E-state index contributed by atoms with van der Waals surface area (Å²) < 4.78 is 0. The molecule has 4 atom stereocenters. The molecule has 4 N–H and O–H groups in total. The molecule has 2 aromatic rings. The van der Waals surface area contributed by atoms with E-state index in [-0.39, 0.29) is 18.1 Å². The van der Waals surface area contributed by atoms with E-state index in [0.717, 1.165) is 60.5 Å². The van der Waals surface area contributed by atoms with Crippen molar-refractivity contribution in [3.63, 3.8) is 0 Å². The summed E-state index contributed by atoms with van der Waals surface area (Å²) in [5, 5.41) is 7.67. The highest BCUT2D eigenvalue weighted by Crippen LogP contribution is 2.45. The summed E-state index contributed by atoms with van der Waals surface area (Å²) in [5.74, 6) is 1.46. The number of pyridine rings is 1. The first kappa shape index (κ1) is 20.1. The lowest BCUT2D eigenvalue weighted by molar-refractivity contribution is -0.112. The molecule has 0 amide bonds. The van der Waals surface area contributed by atoms with Crippen molar-refractivity contribution in [3.8, 4) is 0 Å². The summed E-state index contributed by atoms with van der Waals surface area (Å²) in [5.41, 5.74) is 6.56. The fraction of sp³-hybridized carbons (Fsp3) is 0.524. The van der Waals surface area contributed by atoms with Gasteiger partial charge in [-0.25, -0.2) is 9.97 Å². The molecular formula is C21H28N6OS. The molecule has 0 saturated heterocycles. The molecule has 1 aliphatic carbocycles. The molecule has 3 heterocycles. The zero-order valence-corrected chi connectivity index (χ0v) is 17.7. The maximum Gasteiger partial charge on any atom is 0.196 e. The lowest BCUT2D eigenvalue weighted by Gasteiger charge is -2.32. The largest absolute Gasteiger partial charge is 0.366 e. The van der Waals surface area contributed by atoms with Crippen molar-refractivity contribution >= 4 is 29.7 Å². The number of rotatable bonds is 6. The second kappa shape index (κ2) is 8.28. The molecule has 0 aromatic carbocycles. The van der Waals surface area contributed by atoms with Gasteiger partial charge in [0.1, 0.15) is 17.9 Å². The van der Waals surface area contributed by atoms with Gasteiger partial charge in [-0.05, 0) is 50.1 Å². The number of carbonyl (C=O) groups is 1. The Morgan fingerprint density at radius 1 is 1.38 bits per heavy atom. The monoisotopic (exact) mass is 412 g/mol. The predicted molar refractivity (Wildman–Crippen MR) is 115 cm³/mol. The maximum absolute atomic E-state index is 12.2. The van der Waals surface area contributed by atoms with Gasteiger partial charge in [0.2, 0.25) is 0 Å². The first-order chi connectivity index (χ1) is 14.0. The van der Waals surface area contributed by atoms with Gasteiger partial charge in [0, 0.05) is 35.4 Å². The second-order valence-corrected chi connectivity index (χ2v) is 9.11. The highest BCUT2D eigenvalue weighted by atomic mass is 32.2. The van der Waals surface area contributed by atoms with E-state index in [4.69, 9.17) is 15.7 Å². The molecule has 2 aliphatic rings. The third-order valence-electron chi connectivity index (χ3n) is 6.10. The van der Waals surface area contributed by atoms with Crippen LogP contribution in [0.1, 0.15) is 51.5 Å². The Bertz CT molecular complexity index is 879. The van der Waals surface area contributed by atoms with E-state index >= 15 is 0 Å². The quantitative estimate of drug-likeness (QED) is 0.490. The number of nitrogens with one attached hydrogen (secondary N) is 2. The van der Waals surface area contributed by atoms with Crippen LogP contribution in [0, 0.1) is 0 Å². The van der Waals surface area contributed by atoms with Crippen LogP contribution in [0.25, 0.3) is 0 Å². The number of fused-ring (bicyclic) bond motifs is 1. The second-order valence-electron chi connectivity index (χ2n) is 8.07. The minimum absolute atomic E-state index is 0.0106. The van der Waals surface area contributed by atoms with Crippen LogP contribution in [0.2, 0.25) is 0 Å². The van der Waals surface area contributed by atoms with E-state index in [1.54, 1.807) is 12.4 Å². The summed E-state index contributed by atoms with van der Waals surface area (Å²) >= 11 is 1.46. The SMILES string of the molecule is CCC1Nc2nc(Sc3cccnc3)nc(NC3CCCC[C@@H]3N)c2C1(C)C=O. The number of anilines is 2. The Labute approximate surface area is 175 Å². The standard InChI is InChI=1S/C21H28N6OS/c1-3-16-21(2,12-28)17-18(24-15-9-5-4-8-14(15)22)26-20(27-19(17)25-16)29-13-7-6-10-23-11-13/h6-7,10-12,14-16H,3-5,8-9,22H2,1-2H3,(H2,24,25,26,27)/t14-,15?,16?,21?/m0/s1. The molecule has 1 fully saturated rings. The average molecular weight is 413 g/mol. The smallest absolute Gasteiger partial charge is 0.196 e. The third kappa shape index (κ3) is 3.83. The summed E-state index contributed by atoms with van der Waals surface area (Å²) in [6.45, 7) is 4.05. The number of aldehydes is 1. The molecular weight excluding hydrogens is 384 g/mol. The van der Waals surface area contributed by atoms with Crippen LogP contribution in [0.15, 0.2) is 34.6 Å². The van der Waals surface area contributed by atoms with Crippen LogP contribution >= 0.6 is 11.8 Å². The number of aromatic nitrogens is 3. The van der Waals surface area contributed by atoms with Gasteiger partial charge in [0.05, 0.1) is 11.0 Å². The molecule has 1 saturated carbocycles. The van der Waals surface area contributed by atoms with Crippen molar-refractivity contribution < 1.29 is 4.79 Å². The predicted octanol–water partition coefficient (Wildman–Crippen LogP) is 3.37. The van der Waals surface area contributed by atoms with Crippen LogP contribution in [0.5, 0.6) is 0 Å². The Kier molecular flexibility index (Phi) is 5.74. The number of nitrogens with zero attached hydrogens (tertiary/aromatic N) is 3. The molecule has 0 bridgehead atoms. The van der Waals surface area contributed by atoms with Gasteiger partial charge in [-0.15, -0.1) is 0 Å². The van der Waals surface area contributed by atoms with Crippen molar-refractivity contribution in [3.05, 3.63) is 30.1 Å². The number of nitrogens with two attached hydrogens (primary N) is 1. The zero-order chi connectivity index (χ0) is 20.4. The van der Waals surface area contributed by atoms with E-state index in [1.165, 1.54) is 11.8 Å². The van der Waals surface area contributed by atoms with Crippen LogP contribution < -0.4 is 16.4 Å². The number of hydrogen-bond acceptors (Lipinski definition) is 8. The van der Waals surface area contributed by atoms with Crippen LogP contribution in [-0.2, 0) is 10.2 Å². The molecule has 0 spiro atoms. The molecule has 2 aromatic heterocycles. The topological polar surface area (TPSA) is 106 Å². The third-order valence-corrected chi connectivity index (χ3v) is 6.94. The molecule has 7 nitrogen and oxygen atoms in total. The summed E-state index contributed by atoms with van der Waals surface area (Å²) in [6.07, 6.45) is 9.71. The first-order valence-corrected chi connectivity index (χ1v) is 11.1. The van der Waals surface area contributed by atoms with E-state index in [9.17, 15) is 4.79 Å². The molecule has 8 heteroatoms. The van der Waals surface area contributed by atoms with Crippen molar-refractivity contribution in [2.75, 3.05) is 10.6 Å². The minimum Gasteiger partial charge on any atom is -0.366 e. The van der Waals surface area contributed by atoms with Crippen molar-refractivity contribution in [1.29, 1.82) is 0 Å². The van der Waals surface area contributed by atoms with Crippen molar-refractivity contribution in [2.45, 2.75) is 79.5 Å². The Morgan fingerprint density at radius 2 is 2.21 bits per heavy atom. The molecule has 29 heavy (non-hydrogen) atoms. The molecule has 4 rings (SSSR count). The summed E-state index contributed by atoms with van der Waals surface area (Å²) in [7, 11) is 0. The van der Waals surface area contributed by atoms with Gasteiger partial charge >= 0.3 is 0 Å². The zero-order valence-electron chi connectivity index (χ0n) is 16.9. The van der Waals surface area contributed by atoms with Crippen LogP contribution in [0.4, 0.5) is 11.6 Å². The average Bonchev–Trinajstić information content (AvgIpc) is 3.03. The fourth-order valence-electron chi connectivity index (χ4n) is 4.39. The lowest BCUT2D eigenvalue weighted by atomic mass is 9.79. The number of hydrogen-bond donors (Lipinski definition) is 3. The highest BCUT2D eigenvalue weighted by Gasteiger charge is 2.46. The minimum atomic E-state index is -0.678. The van der Waals surface area contributed by atoms with E-state index in [1.807, 2.05) is 19.1 Å². The maximum atomic E-state index is 12.2. The molecule has 154 valence electrons. The lowest BCUT2D eigenvalue weighted by Crippen LogP contribution is -2.43. The van der Waals surface area contributed by atoms with Gasteiger partial charge in [-0.1, -0.05) is 19.8 Å². The van der Waals surface area contributed by atoms with Crippen LogP contribution in [0.3, 0.4) is 0 Å². The van der Waals surface area contributed by atoms with Gasteiger partial charge < -0.3 is 21.2 Å². The molecule has 3 unspecified atom stereocenters. The van der Waals surface area contributed by atoms with Gasteiger partial charge in [0.25, 0.3) is 0 Å². The normalized spacial score (nSPS) is 28.4. The van der Waals surface area contributed by atoms with Crippen molar-refractivity contribution in [1.82, 2.24) is 15.0 Å². The Hall–Kier alpha value is -2.19. The van der Waals surface area contributed by atoms with Gasteiger partial charge in [-0.2, -0.15) is 0 Å². The first-order valence-electron chi connectivity index (χ1n) is 10.3. The fourth-order valence-corrected chi connectivity index (χ4v) is 5.13. The van der Waals surface area contributed by atoms with Gasteiger partial charge in [0.15, 0.2) is 5.16 Å². The van der Waals surface area contributed by atoms with E-state index < -0.39 is 5.41 Å².